The summed E-state index contributed by atoms with van der Waals surface area (Å²) in [6.45, 7) is 2.38. The number of alkyl halides is 2. The fourth-order valence-corrected chi connectivity index (χ4v) is 8.69. The van der Waals surface area contributed by atoms with Crippen LogP contribution >= 0.6 is 11.6 Å². The lowest BCUT2D eigenvalue weighted by Crippen LogP contribution is -2.53. The van der Waals surface area contributed by atoms with Crippen molar-refractivity contribution in [2.75, 3.05) is 47.5 Å². The van der Waals surface area contributed by atoms with Gasteiger partial charge in [0.1, 0.15) is 36.2 Å². The van der Waals surface area contributed by atoms with E-state index < -0.39 is 42.1 Å². The van der Waals surface area contributed by atoms with Crippen LogP contribution in [-0.2, 0) is 32.1 Å². The minimum atomic E-state index is -2.94. The molecule has 54 heavy (non-hydrogen) atoms. The van der Waals surface area contributed by atoms with E-state index in [4.69, 9.17) is 42.1 Å². The van der Waals surface area contributed by atoms with Crippen molar-refractivity contribution in [2.24, 2.45) is 28.3 Å². The van der Waals surface area contributed by atoms with Gasteiger partial charge in [-0.05, 0) is 74.3 Å². The molecule has 1 spiro atoms. The van der Waals surface area contributed by atoms with Crippen LogP contribution in [0, 0.1) is 16.7 Å². The Balaban J connectivity index is 1.32. The summed E-state index contributed by atoms with van der Waals surface area (Å²) in [7, 11) is 4.35. The highest BCUT2D eigenvalue weighted by atomic mass is 35.5. The highest BCUT2D eigenvalue weighted by Gasteiger charge is 2.54. The second-order valence-corrected chi connectivity index (χ2v) is 15.7. The van der Waals surface area contributed by atoms with E-state index in [1.54, 1.807) is 54.2 Å². The van der Waals surface area contributed by atoms with Crippen LogP contribution in [-0.4, -0.2) is 86.5 Å². The summed E-state index contributed by atoms with van der Waals surface area (Å²) in [6, 6.07) is 7.84. The zero-order valence-electron chi connectivity index (χ0n) is 31.3. The Morgan fingerprint density at radius 2 is 1.85 bits per heavy atom. The largest absolute Gasteiger partial charge is 0.497 e. The van der Waals surface area contributed by atoms with Gasteiger partial charge in [0.15, 0.2) is 0 Å². The van der Waals surface area contributed by atoms with Crippen LogP contribution in [0.25, 0.3) is 0 Å². The molecule has 15 heteroatoms. The summed E-state index contributed by atoms with van der Waals surface area (Å²) < 4.78 is 50.5. The summed E-state index contributed by atoms with van der Waals surface area (Å²) in [5.41, 5.74) is 6.06. The number of methoxy groups -OCH3 is 2. The van der Waals surface area contributed by atoms with Gasteiger partial charge >= 0.3 is 5.97 Å². The molecular formula is C39H50ClF2N5O7. The molecule has 6 rings (SSSR count). The van der Waals surface area contributed by atoms with E-state index in [-0.39, 0.29) is 42.6 Å². The van der Waals surface area contributed by atoms with Crippen LogP contribution < -0.4 is 25.8 Å². The van der Waals surface area contributed by atoms with Crippen molar-refractivity contribution >= 4 is 29.4 Å². The van der Waals surface area contributed by atoms with Crippen LogP contribution in [0.1, 0.15) is 74.6 Å². The van der Waals surface area contributed by atoms with E-state index in [1.807, 2.05) is 0 Å². The number of rotatable bonds is 13. The molecule has 1 saturated heterocycles. The van der Waals surface area contributed by atoms with Gasteiger partial charge in [0.05, 0.1) is 37.3 Å². The Kier molecular flexibility index (Phi) is 11.5. The molecule has 4 N–H and O–H groups in total. The van der Waals surface area contributed by atoms with E-state index in [0.29, 0.717) is 65.6 Å². The summed E-state index contributed by atoms with van der Waals surface area (Å²) in [5, 5.41) is 1.22. The lowest BCUT2D eigenvalue weighted by Gasteiger charge is -2.45. The number of nitrogens with two attached hydrogens (primary N) is 2. The molecule has 3 atom stereocenters. The minimum absolute atomic E-state index is 0.0105. The number of hydrogen-bond acceptors (Lipinski definition) is 10. The van der Waals surface area contributed by atoms with Gasteiger partial charge in [-0.25, -0.2) is 14.6 Å². The maximum atomic E-state index is 15.0. The second kappa shape index (κ2) is 15.8. The Labute approximate surface area is 319 Å². The topological polar surface area (TPSA) is 150 Å². The number of likely N-dealkylation sites (tertiary alicyclic amines) is 1. The van der Waals surface area contributed by atoms with E-state index in [0.717, 1.165) is 36.3 Å². The zero-order chi connectivity index (χ0) is 38.9. The first-order valence-corrected chi connectivity index (χ1v) is 18.7. The molecule has 2 heterocycles. The van der Waals surface area contributed by atoms with Gasteiger partial charge in [0.2, 0.25) is 11.8 Å². The van der Waals surface area contributed by atoms with Crippen molar-refractivity contribution in [2.45, 2.75) is 77.4 Å². The number of benzene rings is 2. The Morgan fingerprint density at radius 3 is 2.50 bits per heavy atom. The third-order valence-electron chi connectivity index (χ3n) is 11.7. The molecule has 2 aromatic rings. The van der Waals surface area contributed by atoms with Crippen molar-refractivity contribution < 1.29 is 42.1 Å². The minimum Gasteiger partial charge on any atom is -0.497 e. The maximum Gasteiger partial charge on any atom is 0.312 e. The van der Waals surface area contributed by atoms with Gasteiger partial charge < -0.3 is 39.5 Å². The average molecular weight is 774 g/mol. The van der Waals surface area contributed by atoms with E-state index in [9.17, 15) is 18.4 Å². The van der Waals surface area contributed by atoms with Gasteiger partial charge in [-0.2, -0.15) is 0 Å². The maximum absolute atomic E-state index is 15.0. The van der Waals surface area contributed by atoms with Gasteiger partial charge in [0, 0.05) is 55.3 Å². The number of hydrogen-bond donors (Lipinski definition) is 2. The van der Waals surface area contributed by atoms with Crippen molar-refractivity contribution in [3.8, 4) is 17.2 Å². The highest BCUT2D eigenvalue weighted by Crippen LogP contribution is 2.54. The second-order valence-electron chi connectivity index (χ2n) is 15.3. The molecule has 0 radical (unpaired) electrons. The smallest absolute Gasteiger partial charge is 0.312 e. The molecule has 3 fully saturated rings. The number of amides is 2. The number of ether oxygens (including phenoxy) is 4. The third kappa shape index (κ3) is 7.77. The number of carbonyl (C=O) groups excluding carboxylic acids is 3. The summed E-state index contributed by atoms with van der Waals surface area (Å²) in [4.78, 5) is 46.0. The molecule has 2 aromatic carbocycles. The first kappa shape index (κ1) is 39.4. The molecule has 4 aliphatic rings. The lowest BCUT2D eigenvalue weighted by molar-refractivity contribution is -0.169. The number of esters is 1. The van der Waals surface area contributed by atoms with E-state index >= 15 is 4.79 Å². The lowest BCUT2D eigenvalue weighted by atomic mass is 9.66. The van der Waals surface area contributed by atoms with Crippen LogP contribution in [0.5, 0.6) is 17.2 Å². The predicted octanol–water partition coefficient (Wildman–Crippen LogP) is 5.36. The fraction of sp³-hybridized carbons (Fsp3) is 0.564. The normalized spacial score (nSPS) is 23.5. The van der Waals surface area contributed by atoms with E-state index in [2.05, 4.69) is 0 Å². The van der Waals surface area contributed by atoms with Gasteiger partial charge in [-0.3, -0.25) is 14.4 Å². The summed E-state index contributed by atoms with van der Waals surface area (Å²) in [5.74, 6) is 5.66. The number of allylic oxidation sites excluding steroid dienone is 1. The molecule has 2 aliphatic carbocycles. The quantitative estimate of drug-likeness (QED) is 0.155. The first-order chi connectivity index (χ1) is 25.7. The molecule has 12 nitrogen and oxygen atoms in total. The van der Waals surface area contributed by atoms with Crippen molar-refractivity contribution in [3.05, 3.63) is 63.4 Å². The number of hydrazine groups is 1. The van der Waals surface area contributed by atoms with E-state index in [1.165, 1.54) is 14.2 Å². The van der Waals surface area contributed by atoms with Crippen LogP contribution in [0.15, 0.2) is 41.7 Å². The zero-order valence-corrected chi connectivity index (χ0v) is 32.1. The molecule has 2 saturated carbocycles. The molecule has 2 aliphatic heterocycles. The number of halogens is 3. The molecule has 2 amide bonds. The van der Waals surface area contributed by atoms with Crippen molar-refractivity contribution in [3.63, 3.8) is 0 Å². The van der Waals surface area contributed by atoms with Gasteiger partial charge in [-0.15, -0.1) is 0 Å². The molecule has 294 valence electrons. The van der Waals surface area contributed by atoms with Gasteiger partial charge in [0.25, 0.3) is 6.43 Å². The van der Waals surface area contributed by atoms with Crippen LogP contribution in [0.3, 0.4) is 0 Å². The fourth-order valence-electron chi connectivity index (χ4n) is 8.43. The third-order valence-corrected chi connectivity index (χ3v) is 12.1. The highest BCUT2D eigenvalue weighted by molar-refractivity contribution is 6.31. The molecule has 0 bridgehead atoms. The first-order valence-electron chi connectivity index (χ1n) is 18.4. The summed E-state index contributed by atoms with van der Waals surface area (Å²) in [6.07, 6.45) is 2.26. The molecule has 0 aromatic heterocycles. The van der Waals surface area contributed by atoms with Gasteiger partial charge in [-0.1, -0.05) is 24.4 Å². The SMILES string of the molecule is COc1ccc(COC(=O)[C@@]2(C)CCCC[C@H]2C(=O)N2CCc3c(Cl)ccc(OC/C(N)=C(\C(F)F)N(C)N)c3[C@H]2CN2CC3(CC3)CC2=O)c(OC)c1. The Bertz CT molecular complexity index is 1790. The average Bonchev–Trinajstić information content (AvgIpc) is 3.83. The number of nitrogens with zero attached hydrogens (tertiary/aromatic N) is 3. The summed E-state index contributed by atoms with van der Waals surface area (Å²) >= 11 is 6.79. The number of fused-ring (bicyclic) bond motifs is 1. The van der Waals surface area contributed by atoms with Crippen molar-refractivity contribution in [1.82, 2.24) is 14.8 Å². The van der Waals surface area contributed by atoms with Crippen LogP contribution in [0.4, 0.5) is 8.78 Å². The number of carbonyl (C=O) groups is 3. The Morgan fingerprint density at radius 1 is 1.09 bits per heavy atom. The molecular weight excluding hydrogens is 724 g/mol. The standard InChI is InChI=1S/C39H50ClF2N5O7/c1-38(37(50)54-20-23-8-9-24(51-3)17-31(23)52-4)13-6-5-7-26(38)36(49)47-16-12-25-27(40)10-11-30(53-21-28(43)34(35(41)42)45(2)44)33(25)29(47)19-46-22-39(14-15-39)18-32(46)48/h8-11,17,26,29,35H,5-7,12-16,18-22,43-44H2,1-4H3/b34-28-/t26-,29+,38-/m0/s1. The Hall–Kier alpha value is -4.30. The predicted molar refractivity (Wildman–Crippen MR) is 197 cm³/mol. The van der Waals surface area contributed by atoms with Crippen molar-refractivity contribution in [1.29, 1.82) is 0 Å². The van der Waals surface area contributed by atoms with Crippen LogP contribution in [0.2, 0.25) is 5.02 Å². The molecule has 0 unspecified atom stereocenters. The monoisotopic (exact) mass is 773 g/mol.